The number of benzene rings is 1. The van der Waals surface area contributed by atoms with Gasteiger partial charge in [-0.3, -0.25) is 19.1 Å². The summed E-state index contributed by atoms with van der Waals surface area (Å²) in [6.45, 7) is 4.07. The van der Waals surface area contributed by atoms with E-state index < -0.39 is 17.0 Å². The highest BCUT2D eigenvalue weighted by Crippen LogP contribution is 2.38. The lowest BCUT2D eigenvalue weighted by Crippen LogP contribution is -2.37. The van der Waals surface area contributed by atoms with Crippen molar-refractivity contribution in [2.24, 2.45) is 5.92 Å². The molecular formula is C22H20FN5O3S2. The number of fused-ring (bicyclic) bond motifs is 1. The van der Waals surface area contributed by atoms with E-state index in [1.165, 1.54) is 34.4 Å². The standard InChI is InChI=1S/C22H20FN5O3S2/c1-11(2)7-28-18(24)17(19(30)27-22(28)31)15(29)9-33-21-16-14(8-32-20(16)25-10-26-21)12-3-5-13(23)6-4-12/h3-6,8,10-11H,7,9,24H2,1-2H3,(H,27,30,31). The third-order valence-electron chi connectivity index (χ3n) is 4.90. The maximum Gasteiger partial charge on any atom is 0.329 e. The van der Waals surface area contributed by atoms with Crippen LogP contribution >= 0.6 is 23.1 Å². The number of nitrogens with zero attached hydrogens (tertiary/aromatic N) is 3. The van der Waals surface area contributed by atoms with Crippen molar-refractivity contribution < 1.29 is 9.18 Å². The number of thiophene rings is 1. The molecule has 8 nitrogen and oxygen atoms in total. The van der Waals surface area contributed by atoms with Crippen LogP contribution in [0.4, 0.5) is 10.2 Å². The topological polar surface area (TPSA) is 124 Å². The zero-order valence-corrected chi connectivity index (χ0v) is 19.4. The summed E-state index contributed by atoms with van der Waals surface area (Å²) in [6.07, 6.45) is 1.41. The van der Waals surface area contributed by atoms with Crippen molar-refractivity contribution >= 4 is 44.9 Å². The van der Waals surface area contributed by atoms with Gasteiger partial charge in [-0.2, -0.15) is 0 Å². The Bertz CT molecular complexity index is 1460. The zero-order chi connectivity index (χ0) is 23.7. The predicted molar refractivity (Wildman–Crippen MR) is 128 cm³/mol. The second-order valence-electron chi connectivity index (χ2n) is 7.75. The van der Waals surface area contributed by atoms with Crippen LogP contribution in [0, 0.1) is 11.7 Å². The first-order valence-electron chi connectivity index (χ1n) is 10.0. The first kappa shape index (κ1) is 22.9. The fraction of sp³-hybridized carbons (Fsp3) is 0.227. The van der Waals surface area contributed by atoms with E-state index in [4.69, 9.17) is 5.73 Å². The monoisotopic (exact) mass is 485 g/mol. The highest BCUT2D eigenvalue weighted by molar-refractivity contribution is 8.00. The van der Waals surface area contributed by atoms with Crippen LogP contribution in [0.2, 0.25) is 0 Å². The molecular weight excluding hydrogens is 465 g/mol. The summed E-state index contributed by atoms with van der Waals surface area (Å²) >= 11 is 2.56. The Hall–Kier alpha value is -3.31. The van der Waals surface area contributed by atoms with E-state index in [1.807, 2.05) is 19.2 Å². The van der Waals surface area contributed by atoms with Crippen LogP contribution in [0.3, 0.4) is 0 Å². The van der Waals surface area contributed by atoms with Crippen molar-refractivity contribution in [1.29, 1.82) is 0 Å². The first-order valence-corrected chi connectivity index (χ1v) is 11.9. The Balaban J connectivity index is 1.67. The van der Waals surface area contributed by atoms with Gasteiger partial charge in [-0.05, 0) is 23.6 Å². The molecule has 1 aromatic carbocycles. The molecule has 0 aliphatic rings. The Morgan fingerprint density at radius 3 is 2.67 bits per heavy atom. The average Bonchev–Trinajstić information content (AvgIpc) is 3.20. The number of aromatic amines is 1. The Morgan fingerprint density at radius 2 is 1.97 bits per heavy atom. The first-order chi connectivity index (χ1) is 15.8. The molecule has 170 valence electrons. The summed E-state index contributed by atoms with van der Waals surface area (Å²) < 4.78 is 14.6. The lowest BCUT2D eigenvalue weighted by molar-refractivity contribution is 0.102. The van der Waals surface area contributed by atoms with Crippen molar-refractivity contribution in [2.45, 2.75) is 25.4 Å². The maximum atomic E-state index is 13.4. The van der Waals surface area contributed by atoms with Gasteiger partial charge in [0.2, 0.25) is 0 Å². The van der Waals surface area contributed by atoms with Crippen LogP contribution in [0.1, 0.15) is 24.2 Å². The lowest BCUT2D eigenvalue weighted by Gasteiger charge is -2.13. The lowest BCUT2D eigenvalue weighted by atomic mass is 10.1. The van der Waals surface area contributed by atoms with E-state index >= 15 is 0 Å². The van der Waals surface area contributed by atoms with Crippen LogP contribution in [-0.2, 0) is 6.54 Å². The van der Waals surface area contributed by atoms with Crippen molar-refractivity contribution in [3.05, 3.63) is 68.2 Å². The smallest absolute Gasteiger partial charge is 0.329 e. The molecule has 0 radical (unpaired) electrons. The van der Waals surface area contributed by atoms with Gasteiger partial charge in [0.1, 0.15) is 33.4 Å². The number of carbonyl (C=O) groups excluding carboxylic acids is 1. The summed E-state index contributed by atoms with van der Waals surface area (Å²) in [7, 11) is 0. The van der Waals surface area contributed by atoms with Crippen molar-refractivity contribution in [3.8, 4) is 11.1 Å². The second kappa shape index (κ2) is 9.28. The fourth-order valence-electron chi connectivity index (χ4n) is 3.41. The van der Waals surface area contributed by atoms with Gasteiger partial charge < -0.3 is 5.73 Å². The van der Waals surface area contributed by atoms with Gasteiger partial charge in [-0.15, -0.1) is 11.3 Å². The van der Waals surface area contributed by atoms with Crippen LogP contribution in [0.25, 0.3) is 21.3 Å². The number of hydrogen-bond donors (Lipinski definition) is 2. The molecule has 3 N–H and O–H groups in total. The summed E-state index contributed by atoms with van der Waals surface area (Å²) in [5.41, 5.74) is 5.98. The number of halogens is 1. The molecule has 0 saturated carbocycles. The van der Waals surface area contributed by atoms with Gasteiger partial charge in [0.05, 0.1) is 11.1 Å². The normalized spacial score (nSPS) is 11.4. The number of thioether (sulfide) groups is 1. The van der Waals surface area contributed by atoms with Crippen molar-refractivity contribution in [1.82, 2.24) is 19.5 Å². The molecule has 0 unspecified atom stereocenters. The van der Waals surface area contributed by atoms with Crippen LogP contribution in [0.15, 0.2) is 50.6 Å². The molecule has 0 amide bonds. The van der Waals surface area contributed by atoms with Gasteiger partial charge in [0.25, 0.3) is 5.56 Å². The minimum atomic E-state index is -0.807. The van der Waals surface area contributed by atoms with E-state index in [-0.39, 0.29) is 35.4 Å². The molecule has 0 saturated heterocycles. The molecule has 3 heterocycles. The molecule has 0 aliphatic carbocycles. The van der Waals surface area contributed by atoms with E-state index in [2.05, 4.69) is 15.0 Å². The number of aromatic nitrogens is 4. The summed E-state index contributed by atoms with van der Waals surface area (Å²) in [5, 5.41) is 3.21. The van der Waals surface area contributed by atoms with Crippen molar-refractivity contribution in [2.75, 3.05) is 11.5 Å². The summed E-state index contributed by atoms with van der Waals surface area (Å²) in [6, 6.07) is 6.09. The molecule has 0 spiro atoms. The predicted octanol–water partition coefficient (Wildman–Crippen LogP) is 3.56. The van der Waals surface area contributed by atoms with Crippen LogP contribution in [0.5, 0.6) is 0 Å². The number of anilines is 1. The molecule has 0 atom stereocenters. The fourth-order valence-corrected chi connectivity index (χ4v) is 5.27. The van der Waals surface area contributed by atoms with Gasteiger partial charge in [-0.25, -0.2) is 19.2 Å². The molecule has 0 bridgehead atoms. The average molecular weight is 486 g/mol. The number of hydrogen-bond acceptors (Lipinski definition) is 8. The Labute approximate surface area is 195 Å². The van der Waals surface area contributed by atoms with Crippen molar-refractivity contribution in [3.63, 3.8) is 0 Å². The minimum absolute atomic E-state index is 0.0889. The number of carbonyl (C=O) groups is 1. The number of rotatable bonds is 7. The minimum Gasteiger partial charge on any atom is -0.384 e. The molecule has 0 fully saturated rings. The zero-order valence-electron chi connectivity index (χ0n) is 17.8. The third-order valence-corrected chi connectivity index (χ3v) is 6.77. The number of nitrogen functional groups attached to an aromatic ring is 1. The number of nitrogens with two attached hydrogens (primary N) is 1. The summed E-state index contributed by atoms with van der Waals surface area (Å²) in [4.78, 5) is 49.0. The highest BCUT2D eigenvalue weighted by atomic mass is 32.2. The van der Waals surface area contributed by atoms with Gasteiger partial charge in [0, 0.05) is 17.5 Å². The third kappa shape index (κ3) is 4.60. The quantitative estimate of drug-likeness (QED) is 0.233. The van der Waals surface area contributed by atoms with E-state index in [0.29, 0.717) is 5.03 Å². The number of Topliss-reactive ketones (excluding diaryl/α,β-unsaturated/α-hetero) is 1. The molecule has 33 heavy (non-hydrogen) atoms. The van der Waals surface area contributed by atoms with E-state index in [9.17, 15) is 18.8 Å². The van der Waals surface area contributed by atoms with E-state index in [0.717, 1.165) is 33.1 Å². The van der Waals surface area contributed by atoms with Gasteiger partial charge in [0.15, 0.2) is 5.78 Å². The SMILES string of the molecule is CC(C)Cn1c(N)c(C(=O)CSc2ncnc3scc(-c4ccc(F)cc4)c23)c(=O)[nH]c1=O. The largest absolute Gasteiger partial charge is 0.384 e. The molecule has 4 aromatic rings. The summed E-state index contributed by atoms with van der Waals surface area (Å²) in [5.74, 6) is -1.01. The maximum absolute atomic E-state index is 13.4. The molecule has 11 heteroatoms. The number of nitrogens with one attached hydrogen (secondary N) is 1. The second-order valence-corrected chi connectivity index (χ2v) is 9.57. The Kier molecular flexibility index (Phi) is 6.43. The molecule has 0 aliphatic heterocycles. The molecule has 4 rings (SSSR count). The Morgan fingerprint density at radius 1 is 1.24 bits per heavy atom. The number of H-pyrrole nitrogens is 1. The van der Waals surface area contributed by atoms with Gasteiger partial charge in [-0.1, -0.05) is 37.7 Å². The van der Waals surface area contributed by atoms with E-state index in [1.54, 1.807) is 12.1 Å². The highest BCUT2D eigenvalue weighted by Gasteiger charge is 2.21. The van der Waals surface area contributed by atoms with Crippen LogP contribution in [-0.4, -0.2) is 31.1 Å². The van der Waals surface area contributed by atoms with Crippen LogP contribution < -0.4 is 17.0 Å². The van der Waals surface area contributed by atoms with Gasteiger partial charge >= 0.3 is 5.69 Å². The number of ketones is 1. The molecule has 3 aromatic heterocycles.